The van der Waals surface area contributed by atoms with E-state index in [0.29, 0.717) is 12.4 Å². The number of aromatic nitrogens is 1. The summed E-state index contributed by atoms with van der Waals surface area (Å²) in [5.41, 5.74) is 4.40. The minimum Gasteiger partial charge on any atom is -0.489 e. The fraction of sp³-hybridized carbons (Fsp3) is 0.222. The van der Waals surface area contributed by atoms with E-state index in [-0.39, 0.29) is 10.7 Å². The highest BCUT2D eigenvalue weighted by molar-refractivity contribution is 8.18. The van der Waals surface area contributed by atoms with E-state index in [1.54, 1.807) is 18.2 Å². The van der Waals surface area contributed by atoms with E-state index in [2.05, 4.69) is 4.74 Å². The maximum atomic E-state index is 13.1. The quantitative estimate of drug-likeness (QED) is 0.314. The van der Waals surface area contributed by atoms with E-state index in [1.165, 1.54) is 26.2 Å². The first-order valence-electron chi connectivity index (χ1n) is 11.2. The van der Waals surface area contributed by atoms with Gasteiger partial charge in [-0.25, -0.2) is 9.18 Å². The monoisotopic (exact) mass is 508 g/mol. The van der Waals surface area contributed by atoms with Crippen molar-refractivity contribution < 1.29 is 28.2 Å². The summed E-state index contributed by atoms with van der Waals surface area (Å²) in [6, 6.07) is 14.7. The molecular weight excluding hydrogens is 483 g/mol. The van der Waals surface area contributed by atoms with Crippen LogP contribution in [-0.2, 0) is 20.9 Å². The number of esters is 1. The third-order valence-corrected chi connectivity index (χ3v) is 6.81. The van der Waals surface area contributed by atoms with Crippen molar-refractivity contribution >= 4 is 35.0 Å². The Kier molecular flexibility index (Phi) is 7.30. The molecule has 2 aromatic carbocycles. The van der Waals surface area contributed by atoms with Crippen LogP contribution >= 0.6 is 11.8 Å². The van der Waals surface area contributed by atoms with Crippen molar-refractivity contribution in [2.45, 2.75) is 33.4 Å². The van der Waals surface area contributed by atoms with E-state index in [9.17, 15) is 18.8 Å². The summed E-state index contributed by atoms with van der Waals surface area (Å²) in [4.78, 5) is 38.3. The summed E-state index contributed by atoms with van der Waals surface area (Å²) in [5.74, 6) is -0.775. The number of hydrogen-bond acceptors (Lipinski definition) is 6. The second-order valence-corrected chi connectivity index (χ2v) is 9.31. The standard InChI is InChI=1S/C27H25FN2O5S/c1-16-13-20(14-24-25(31)30(27(33)36-24)18(3)26(32)34-4)17(2)29(16)22-9-11-23(12-10-22)35-15-19-5-7-21(28)8-6-19/h5-14,18H,15H2,1-4H3/b24-14+/t18-/m0/s1. The lowest BCUT2D eigenvalue weighted by atomic mass is 10.2. The second-order valence-electron chi connectivity index (χ2n) is 8.32. The molecule has 0 saturated carbocycles. The van der Waals surface area contributed by atoms with Gasteiger partial charge in [-0.2, -0.15) is 0 Å². The molecule has 2 heterocycles. The number of nitrogens with zero attached hydrogens (tertiary/aromatic N) is 2. The molecule has 186 valence electrons. The molecule has 1 aliphatic heterocycles. The number of thioether (sulfide) groups is 1. The van der Waals surface area contributed by atoms with Crippen molar-refractivity contribution in [1.82, 2.24) is 9.47 Å². The zero-order valence-electron chi connectivity index (χ0n) is 20.3. The van der Waals surface area contributed by atoms with Crippen LogP contribution in [0.2, 0.25) is 0 Å². The van der Waals surface area contributed by atoms with E-state index in [0.717, 1.165) is 44.9 Å². The summed E-state index contributed by atoms with van der Waals surface area (Å²) in [7, 11) is 1.22. The van der Waals surface area contributed by atoms with Crippen molar-refractivity contribution in [2.24, 2.45) is 0 Å². The Morgan fingerprint density at radius 3 is 2.39 bits per heavy atom. The molecule has 2 amide bonds. The van der Waals surface area contributed by atoms with Crippen LogP contribution in [0.25, 0.3) is 11.8 Å². The van der Waals surface area contributed by atoms with Gasteiger partial charge >= 0.3 is 5.97 Å². The van der Waals surface area contributed by atoms with Gasteiger partial charge in [0.1, 0.15) is 24.2 Å². The summed E-state index contributed by atoms with van der Waals surface area (Å²) < 4.78 is 25.6. The van der Waals surface area contributed by atoms with Gasteiger partial charge in [0.15, 0.2) is 0 Å². The van der Waals surface area contributed by atoms with E-state index in [4.69, 9.17) is 4.74 Å². The van der Waals surface area contributed by atoms with Crippen molar-refractivity contribution in [3.8, 4) is 11.4 Å². The molecule has 0 aliphatic carbocycles. The number of aryl methyl sites for hydroxylation is 1. The number of ether oxygens (including phenoxy) is 2. The minimum absolute atomic E-state index is 0.251. The highest BCUT2D eigenvalue weighted by Gasteiger charge is 2.41. The Morgan fingerprint density at radius 2 is 1.75 bits per heavy atom. The maximum absolute atomic E-state index is 13.1. The number of imide groups is 1. The molecule has 0 radical (unpaired) electrons. The van der Waals surface area contributed by atoms with Gasteiger partial charge < -0.3 is 14.0 Å². The first-order chi connectivity index (χ1) is 17.2. The van der Waals surface area contributed by atoms with Crippen LogP contribution in [0, 0.1) is 19.7 Å². The van der Waals surface area contributed by atoms with Gasteiger partial charge in [0.05, 0.1) is 12.0 Å². The molecule has 1 aromatic heterocycles. The molecule has 7 nitrogen and oxygen atoms in total. The lowest BCUT2D eigenvalue weighted by molar-refractivity contribution is -0.148. The molecule has 4 rings (SSSR count). The molecule has 0 unspecified atom stereocenters. The number of hydrogen-bond donors (Lipinski definition) is 0. The Morgan fingerprint density at radius 1 is 1.08 bits per heavy atom. The van der Waals surface area contributed by atoms with Gasteiger partial charge in [-0.15, -0.1) is 0 Å². The second kappa shape index (κ2) is 10.4. The third-order valence-electron chi connectivity index (χ3n) is 5.92. The fourth-order valence-electron chi connectivity index (χ4n) is 4.00. The lowest BCUT2D eigenvalue weighted by Crippen LogP contribution is -2.42. The molecule has 0 bridgehead atoms. The molecule has 1 fully saturated rings. The first kappa shape index (κ1) is 25.2. The third kappa shape index (κ3) is 5.06. The fourth-order valence-corrected chi connectivity index (χ4v) is 4.90. The number of carbonyl (C=O) groups is 3. The highest BCUT2D eigenvalue weighted by Crippen LogP contribution is 2.35. The van der Waals surface area contributed by atoms with Crippen LogP contribution in [0.5, 0.6) is 5.75 Å². The maximum Gasteiger partial charge on any atom is 0.328 e. The molecule has 0 N–H and O–H groups in total. The Bertz CT molecular complexity index is 1350. The molecule has 9 heteroatoms. The van der Waals surface area contributed by atoms with Gasteiger partial charge in [0.2, 0.25) is 0 Å². The van der Waals surface area contributed by atoms with Crippen molar-refractivity contribution in [1.29, 1.82) is 0 Å². The lowest BCUT2D eigenvalue weighted by Gasteiger charge is -2.18. The number of amides is 2. The van der Waals surface area contributed by atoms with Gasteiger partial charge in [-0.3, -0.25) is 14.5 Å². The van der Waals surface area contributed by atoms with E-state index in [1.807, 2.05) is 48.7 Å². The van der Waals surface area contributed by atoms with Crippen LogP contribution in [0.3, 0.4) is 0 Å². The molecule has 36 heavy (non-hydrogen) atoms. The summed E-state index contributed by atoms with van der Waals surface area (Å²) in [6.45, 7) is 5.67. The van der Waals surface area contributed by atoms with Gasteiger partial charge in [-0.05, 0) is 92.2 Å². The average Bonchev–Trinajstić information content (AvgIpc) is 3.31. The zero-order chi connectivity index (χ0) is 26.0. The number of benzene rings is 2. The van der Waals surface area contributed by atoms with Gasteiger partial charge in [0, 0.05) is 17.1 Å². The zero-order valence-corrected chi connectivity index (χ0v) is 21.1. The predicted octanol–water partition coefficient (Wildman–Crippen LogP) is 5.41. The molecule has 1 atom stereocenters. The molecule has 0 spiro atoms. The summed E-state index contributed by atoms with van der Waals surface area (Å²) in [5, 5.41) is -0.505. The van der Waals surface area contributed by atoms with Crippen LogP contribution in [0.15, 0.2) is 59.5 Å². The minimum atomic E-state index is -0.996. The SMILES string of the molecule is COC(=O)[C@H](C)N1C(=O)S/C(=C/c2cc(C)n(-c3ccc(OCc4ccc(F)cc4)cc3)c2C)C1=O. The van der Waals surface area contributed by atoms with Crippen LogP contribution in [-0.4, -0.2) is 39.7 Å². The van der Waals surface area contributed by atoms with Crippen molar-refractivity contribution in [2.75, 3.05) is 7.11 Å². The number of methoxy groups -OCH3 is 1. The first-order valence-corrected chi connectivity index (χ1v) is 12.0. The molecule has 3 aromatic rings. The van der Waals surface area contributed by atoms with Gasteiger partial charge in [-0.1, -0.05) is 12.1 Å². The number of rotatable bonds is 7. The van der Waals surface area contributed by atoms with Gasteiger partial charge in [0.25, 0.3) is 11.1 Å². The average molecular weight is 509 g/mol. The smallest absolute Gasteiger partial charge is 0.328 e. The summed E-state index contributed by atoms with van der Waals surface area (Å²) >= 11 is 0.803. The Balaban J connectivity index is 1.52. The Labute approximate surface area is 212 Å². The molecule has 1 aliphatic rings. The Hall–Kier alpha value is -3.85. The van der Waals surface area contributed by atoms with E-state index < -0.39 is 23.2 Å². The molecule has 1 saturated heterocycles. The van der Waals surface area contributed by atoms with Crippen LogP contribution in [0.1, 0.15) is 29.4 Å². The highest BCUT2D eigenvalue weighted by atomic mass is 32.2. The van der Waals surface area contributed by atoms with Crippen molar-refractivity contribution in [3.05, 3.63) is 87.8 Å². The molecular formula is C27H25FN2O5S. The largest absolute Gasteiger partial charge is 0.489 e. The number of halogens is 1. The normalized spacial score (nSPS) is 15.5. The van der Waals surface area contributed by atoms with Crippen LogP contribution < -0.4 is 4.74 Å². The van der Waals surface area contributed by atoms with Crippen LogP contribution in [0.4, 0.5) is 9.18 Å². The van der Waals surface area contributed by atoms with E-state index >= 15 is 0 Å². The topological polar surface area (TPSA) is 77.8 Å². The van der Waals surface area contributed by atoms with Crippen molar-refractivity contribution in [3.63, 3.8) is 0 Å². The predicted molar refractivity (Wildman–Crippen MR) is 135 cm³/mol. The number of carbonyl (C=O) groups excluding carboxylic acids is 3. The summed E-state index contributed by atoms with van der Waals surface area (Å²) in [6.07, 6.45) is 1.67.